The second-order valence-corrected chi connectivity index (χ2v) is 7.32. The fourth-order valence-electron chi connectivity index (χ4n) is 2.86. The van der Waals surface area contributed by atoms with Gasteiger partial charge in [-0.25, -0.2) is 9.37 Å². The zero-order chi connectivity index (χ0) is 19.0. The van der Waals surface area contributed by atoms with E-state index in [1.54, 1.807) is 36.2 Å². The molecule has 6 heteroatoms. The summed E-state index contributed by atoms with van der Waals surface area (Å²) in [6, 6.07) is 17.2. The highest BCUT2D eigenvalue weighted by Gasteiger charge is 2.22. The number of hydrogen-bond acceptors (Lipinski definition) is 4. The number of aromatic nitrogens is 1. The topological polar surface area (TPSA) is 46.3 Å². The second-order valence-electron chi connectivity index (χ2n) is 6.29. The standard InChI is InChI=1S/C21H17FN2O2S/c1-13(14-7-9-15(22)10-8-14)24(2)21(25)18-12-11-17(26-18)20-23-16-5-3-4-6-19(16)27-20/h3-13H,1-2H3. The molecule has 1 atom stereocenters. The Labute approximate surface area is 159 Å². The first-order chi connectivity index (χ1) is 13.0. The number of nitrogens with zero attached hydrogens (tertiary/aromatic N) is 2. The summed E-state index contributed by atoms with van der Waals surface area (Å²) < 4.78 is 20.0. The molecule has 0 saturated heterocycles. The third-order valence-corrected chi connectivity index (χ3v) is 5.63. The maximum Gasteiger partial charge on any atom is 0.289 e. The number of furan rings is 1. The van der Waals surface area contributed by atoms with Crippen LogP contribution in [0.25, 0.3) is 21.0 Å². The predicted molar refractivity (Wildman–Crippen MR) is 104 cm³/mol. The third-order valence-electron chi connectivity index (χ3n) is 4.58. The number of thiazole rings is 1. The number of hydrogen-bond donors (Lipinski definition) is 0. The van der Waals surface area contributed by atoms with E-state index >= 15 is 0 Å². The van der Waals surface area contributed by atoms with E-state index in [0.717, 1.165) is 20.8 Å². The van der Waals surface area contributed by atoms with Gasteiger partial charge in [-0.05, 0) is 48.9 Å². The van der Waals surface area contributed by atoms with Gasteiger partial charge in [-0.15, -0.1) is 11.3 Å². The van der Waals surface area contributed by atoms with Crippen LogP contribution in [0.2, 0.25) is 0 Å². The van der Waals surface area contributed by atoms with Gasteiger partial charge >= 0.3 is 0 Å². The van der Waals surface area contributed by atoms with E-state index in [4.69, 9.17) is 4.42 Å². The van der Waals surface area contributed by atoms with Crippen LogP contribution < -0.4 is 0 Å². The monoisotopic (exact) mass is 380 g/mol. The molecule has 1 amide bonds. The number of fused-ring (bicyclic) bond motifs is 1. The molecule has 0 N–H and O–H groups in total. The SMILES string of the molecule is CC(c1ccc(F)cc1)N(C)C(=O)c1ccc(-c2nc3ccccc3s2)o1. The summed E-state index contributed by atoms with van der Waals surface area (Å²) in [4.78, 5) is 18.9. The molecule has 2 heterocycles. The van der Waals surface area contributed by atoms with Gasteiger partial charge in [0.2, 0.25) is 0 Å². The minimum absolute atomic E-state index is 0.214. The summed E-state index contributed by atoms with van der Waals surface area (Å²) in [6.45, 7) is 1.89. The highest BCUT2D eigenvalue weighted by Crippen LogP contribution is 2.31. The Morgan fingerprint density at radius 1 is 1.11 bits per heavy atom. The number of halogens is 1. The number of benzene rings is 2. The zero-order valence-corrected chi connectivity index (χ0v) is 15.7. The molecule has 4 nitrogen and oxygen atoms in total. The number of carbonyl (C=O) groups is 1. The molecular weight excluding hydrogens is 363 g/mol. The Hall–Kier alpha value is -2.99. The molecular formula is C21H17FN2O2S. The lowest BCUT2D eigenvalue weighted by atomic mass is 10.1. The summed E-state index contributed by atoms with van der Waals surface area (Å²) in [5, 5.41) is 0.740. The molecule has 0 saturated carbocycles. The molecule has 0 spiro atoms. The highest BCUT2D eigenvalue weighted by atomic mass is 32.1. The zero-order valence-electron chi connectivity index (χ0n) is 14.8. The molecule has 0 radical (unpaired) electrons. The van der Waals surface area contributed by atoms with Crippen molar-refractivity contribution < 1.29 is 13.6 Å². The van der Waals surface area contributed by atoms with Gasteiger partial charge in [0, 0.05) is 7.05 Å². The lowest BCUT2D eigenvalue weighted by Gasteiger charge is -2.24. The molecule has 0 bridgehead atoms. The molecule has 0 aliphatic rings. The van der Waals surface area contributed by atoms with E-state index in [1.807, 2.05) is 31.2 Å². The first-order valence-electron chi connectivity index (χ1n) is 8.51. The van der Waals surface area contributed by atoms with E-state index in [2.05, 4.69) is 4.98 Å². The minimum Gasteiger partial charge on any atom is -0.448 e. The van der Waals surface area contributed by atoms with Crippen molar-refractivity contribution >= 4 is 27.5 Å². The average Bonchev–Trinajstić information content (AvgIpc) is 3.33. The number of amides is 1. The maximum absolute atomic E-state index is 13.1. The van der Waals surface area contributed by atoms with Crippen LogP contribution in [0.15, 0.2) is 65.1 Å². The van der Waals surface area contributed by atoms with Crippen LogP contribution in [0.4, 0.5) is 4.39 Å². The fourth-order valence-corrected chi connectivity index (χ4v) is 3.79. The van der Waals surface area contributed by atoms with Gasteiger partial charge in [0.1, 0.15) is 5.82 Å². The fraction of sp³-hybridized carbons (Fsp3) is 0.143. The largest absolute Gasteiger partial charge is 0.448 e. The predicted octanol–water partition coefficient (Wildman–Crippen LogP) is 5.53. The van der Waals surface area contributed by atoms with Crippen LogP contribution in [0.5, 0.6) is 0 Å². The number of carbonyl (C=O) groups excluding carboxylic acids is 1. The van der Waals surface area contributed by atoms with Gasteiger partial charge in [-0.1, -0.05) is 24.3 Å². The van der Waals surface area contributed by atoms with Gasteiger partial charge in [0.25, 0.3) is 5.91 Å². The van der Waals surface area contributed by atoms with Crippen molar-refractivity contribution in [2.24, 2.45) is 0 Å². The van der Waals surface area contributed by atoms with E-state index < -0.39 is 0 Å². The Bertz CT molecular complexity index is 1070. The molecule has 136 valence electrons. The minimum atomic E-state index is -0.300. The van der Waals surface area contributed by atoms with Crippen LogP contribution in [0, 0.1) is 5.82 Å². The van der Waals surface area contributed by atoms with Gasteiger partial charge in [-0.2, -0.15) is 0 Å². The Balaban J connectivity index is 1.56. The summed E-state index contributed by atoms with van der Waals surface area (Å²) in [6.07, 6.45) is 0. The van der Waals surface area contributed by atoms with Gasteiger partial charge < -0.3 is 9.32 Å². The molecule has 4 rings (SSSR count). The summed E-state index contributed by atoms with van der Waals surface area (Å²) in [7, 11) is 1.70. The van der Waals surface area contributed by atoms with E-state index in [1.165, 1.54) is 23.5 Å². The summed E-state index contributed by atoms with van der Waals surface area (Å²) in [5.41, 5.74) is 1.76. The van der Waals surface area contributed by atoms with Crippen LogP contribution in [-0.2, 0) is 0 Å². The molecule has 0 aliphatic carbocycles. The van der Waals surface area contributed by atoms with E-state index in [-0.39, 0.29) is 23.5 Å². The molecule has 2 aromatic heterocycles. The second kappa shape index (κ2) is 6.96. The summed E-state index contributed by atoms with van der Waals surface area (Å²) >= 11 is 1.52. The quantitative estimate of drug-likeness (QED) is 0.468. The van der Waals surface area contributed by atoms with Crippen LogP contribution in [0.1, 0.15) is 29.1 Å². The Kier molecular flexibility index (Phi) is 4.49. The molecule has 4 aromatic rings. The maximum atomic E-state index is 13.1. The Morgan fingerprint density at radius 2 is 1.85 bits per heavy atom. The third kappa shape index (κ3) is 3.36. The van der Waals surface area contributed by atoms with Crippen molar-refractivity contribution in [1.82, 2.24) is 9.88 Å². The number of para-hydroxylation sites is 1. The van der Waals surface area contributed by atoms with Crippen LogP contribution in [-0.4, -0.2) is 22.8 Å². The lowest BCUT2D eigenvalue weighted by Crippen LogP contribution is -2.29. The van der Waals surface area contributed by atoms with E-state index in [0.29, 0.717) is 5.76 Å². The first kappa shape index (κ1) is 17.4. The van der Waals surface area contributed by atoms with Crippen molar-refractivity contribution in [2.75, 3.05) is 7.05 Å². The average molecular weight is 380 g/mol. The van der Waals surface area contributed by atoms with Crippen molar-refractivity contribution in [3.05, 3.63) is 77.8 Å². The summed E-state index contributed by atoms with van der Waals surface area (Å²) in [5.74, 6) is 0.286. The van der Waals surface area contributed by atoms with Crippen molar-refractivity contribution in [1.29, 1.82) is 0 Å². The van der Waals surface area contributed by atoms with Crippen LogP contribution in [0.3, 0.4) is 0 Å². The van der Waals surface area contributed by atoms with E-state index in [9.17, 15) is 9.18 Å². The van der Waals surface area contributed by atoms with Gasteiger partial charge in [-0.3, -0.25) is 4.79 Å². The highest BCUT2D eigenvalue weighted by molar-refractivity contribution is 7.21. The molecule has 2 aromatic carbocycles. The molecule has 0 fully saturated rings. The van der Waals surface area contributed by atoms with Crippen molar-refractivity contribution in [3.8, 4) is 10.8 Å². The lowest BCUT2D eigenvalue weighted by molar-refractivity contribution is 0.0711. The normalized spacial score (nSPS) is 12.3. The molecule has 27 heavy (non-hydrogen) atoms. The van der Waals surface area contributed by atoms with Crippen molar-refractivity contribution in [3.63, 3.8) is 0 Å². The van der Waals surface area contributed by atoms with Gasteiger partial charge in [0.05, 0.1) is 16.3 Å². The Morgan fingerprint density at radius 3 is 2.59 bits per heavy atom. The van der Waals surface area contributed by atoms with Crippen molar-refractivity contribution in [2.45, 2.75) is 13.0 Å². The van der Waals surface area contributed by atoms with Gasteiger partial charge in [0.15, 0.2) is 16.5 Å². The number of rotatable bonds is 4. The first-order valence-corrected chi connectivity index (χ1v) is 9.33. The molecule has 0 aliphatic heterocycles. The van der Waals surface area contributed by atoms with Crippen LogP contribution >= 0.6 is 11.3 Å². The molecule has 1 unspecified atom stereocenters. The smallest absolute Gasteiger partial charge is 0.289 e.